The number of oxazole rings is 1. The molecule has 1 aliphatic heterocycles. The number of nitrogens with zero attached hydrogens (tertiary/aromatic N) is 6. The average molecular weight is 550 g/mol. The van der Waals surface area contributed by atoms with Crippen LogP contribution < -0.4 is 10.2 Å². The lowest BCUT2D eigenvalue weighted by atomic mass is 9.97. The third-order valence-corrected chi connectivity index (χ3v) is 6.90. The van der Waals surface area contributed by atoms with Crippen LogP contribution in [0.5, 0.6) is 0 Å². The summed E-state index contributed by atoms with van der Waals surface area (Å²) in [6.07, 6.45) is -0.581. The van der Waals surface area contributed by atoms with Gasteiger partial charge in [-0.1, -0.05) is 13.8 Å². The largest absolute Gasteiger partial charge is 0.434 e. The molecule has 40 heavy (non-hydrogen) atoms. The highest BCUT2D eigenvalue weighted by Crippen LogP contribution is 2.31. The number of carbonyl (C=O) groups excluding carboxylic acids is 1. The molecular weight excluding hydrogens is 523 g/mol. The van der Waals surface area contributed by atoms with Crippen molar-refractivity contribution in [2.24, 2.45) is 5.92 Å². The fourth-order valence-electron chi connectivity index (χ4n) is 4.65. The lowest BCUT2D eigenvalue weighted by Gasteiger charge is -2.32. The van der Waals surface area contributed by atoms with Gasteiger partial charge in [-0.3, -0.25) is 9.78 Å². The summed E-state index contributed by atoms with van der Waals surface area (Å²) in [5, 5.41) is 12.2. The van der Waals surface area contributed by atoms with Crippen LogP contribution in [-0.2, 0) is 6.18 Å². The number of rotatable bonds is 6. The van der Waals surface area contributed by atoms with Crippen molar-refractivity contribution >= 4 is 23.0 Å². The lowest BCUT2D eigenvalue weighted by Crippen LogP contribution is -2.39. The number of amides is 1. The third kappa shape index (κ3) is 5.73. The second kappa shape index (κ2) is 10.9. The summed E-state index contributed by atoms with van der Waals surface area (Å²) in [6.45, 7) is 5.45. The van der Waals surface area contributed by atoms with Gasteiger partial charge < -0.3 is 14.6 Å². The third-order valence-electron chi connectivity index (χ3n) is 6.90. The van der Waals surface area contributed by atoms with Crippen molar-refractivity contribution < 1.29 is 22.4 Å². The van der Waals surface area contributed by atoms with Gasteiger partial charge in [0.1, 0.15) is 16.9 Å². The zero-order chi connectivity index (χ0) is 28.4. The van der Waals surface area contributed by atoms with E-state index in [0.29, 0.717) is 66.3 Å². The number of anilines is 1. The number of fused-ring (bicyclic) bond motifs is 1. The first-order valence-electron chi connectivity index (χ1n) is 12.9. The summed E-state index contributed by atoms with van der Waals surface area (Å²) in [4.78, 5) is 31.0. The van der Waals surface area contributed by atoms with Crippen molar-refractivity contribution in [3.8, 4) is 17.7 Å². The molecule has 1 saturated heterocycles. The molecule has 1 amide bonds. The van der Waals surface area contributed by atoms with Gasteiger partial charge in [0.2, 0.25) is 11.8 Å². The quantitative estimate of drug-likeness (QED) is 0.342. The monoisotopic (exact) mass is 549 g/mol. The first-order valence-corrected chi connectivity index (χ1v) is 12.9. The SMILES string of the molecule is CC(C)c1cc(C#N)cc2nc(-c3ccc(C(=O)NCC4CCN(c5nccc(C(F)(F)F)n5)CC4)cn3)oc12. The number of halogens is 3. The van der Waals surface area contributed by atoms with E-state index in [4.69, 9.17) is 4.42 Å². The Morgan fingerprint density at radius 1 is 1.18 bits per heavy atom. The molecule has 1 N–H and O–H groups in total. The number of benzene rings is 1. The number of pyridine rings is 1. The van der Waals surface area contributed by atoms with Crippen LogP contribution in [0.25, 0.3) is 22.7 Å². The van der Waals surface area contributed by atoms with Gasteiger partial charge in [0.25, 0.3) is 5.91 Å². The van der Waals surface area contributed by atoms with Crippen LogP contribution in [0.3, 0.4) is 0 Å². The van der Waals surface area contributed by atoms with Crippen LogP contribution in [0.4, 0.5) is 19.1 Å². The van der Waals surface area contributed by atoms with E-state index in [1.54, 1.807) is 29.2 Å². The summed E-state index contributed by atoms with van der Waals surface area (Å²) in [6, 6.07) is 9.78. The van der Waals surface area contributed by atoms with Crippen LogP contribution in [0.1, 0.15) is 59.8 Å². The lowest BCUT2D eigenvalue weighted by molar-refractivity contribution is -0.141. The number of alkyl halides is 3. The number of nitriles is 1. The van der Waals surface area contributed by atoms with Crippen LogP contribution >= 0.6 is 0 Å². The molecular formula is C28H26F3N7O2. The molecule has 4 heterocycles. The van der Waals surface area contributed by atoms with Gasteiger partial charge in [-0.25, -0.2) is 15.0 Å². The maximum absolute atomic E-state index is 13.0. The van der Waals surface area contributed by atoms with Crippen molar-refractivity contribution in [1.82, 2.24) is 25.3 Å². The number of nitrogens with one attached hydrogen (secondary N) is 1. The van der Waals surface area contributed by atoms with Crippen molar-refractivity contribution in [2.75, 3.05) is 24.5 Å². The molecule has 5 rings (SSSR count). The maximum atomic E-state index is 13.0. The number of piperidine rings is 1. The summed E-state index contributed by atoms with van der Waals surface area (Å²) in [5.41, 5.74) is 2.46. The number of carbonyl (C=O) groups is 1. The van der Waals surface area contributed by atoms with Crippen LogP contribution in [0.2, 0.25) is 0 Å². The fourth-order valence-corrected chi connectivity index (χ4v) is 4.65. The van der Waals surface area contributed by atoms with Gasteiger partial charge in [0.15, 0.2) is 5.58 Å². The van der Waals surface area contributed by atoms with E-state index in [1.165, 1.54) is 6.20 Å². The van der Waals surface area contributed by atoms with Gasteiger partial charge in [-0.15, -0.1) is 0 Å². The minimum atomic E-state index is -4.52. The predicted octanol–water partition coefficient (Wildman–Crippen LogP) is 5.34. The van der Waals surface area contributed by atoms with Crippen molar-refractivity contribution in [1.29, 1.82) is 5.26 Å². The van der Waals surface area contributed by atoms with E-state index in [9.17, 15) is 23.2 Å². The summed E-state index contributed by atoms with van der Waals surface area (Å²) in [5.74, 6) is 0.396. The average Bonchev–Trinajstić information content (AvgIpc) is 3.39. The van der Waals surface area contributed by atoms with Crippen molar-refractivity contribution in [2.45, 2.75) is 38.8 Å². The highest BCUT2D eigenvalue weighted by molar-refractivity contribution is 5.94. The first-order chi connectivity index (χ1) is 19.1. The van der Waals surface area contributed by atoms with E-state index < -0.39 is 11.9 Å². The van der Waals surface area contributed by atoms with Gasteiger partial charge in [-0.2, -0.15) is 18.4 Å². The molecule has 0 aliphatic carbocycles. The fraction of sp³-hybridized carbons (Fsp3) is 0.357. The molecule has 1 fully saturated rings. The van der Waals surface area contributed by atoms with Crippen LogP contribution in [-0.4, -0.2) is 45.5 Å². The number of hydrogen-bond acceptors (Lipinski definition) is 8. The van der Waals surface area contributed by atoms with Gasteiger partial charge in [-0.05, 0) is 55.0 Å². The zero-order valence-electron chi connectivity index (χ0n) is 21.9. The number of hydrogen-bond donors (Lipinski definition) is 1. The molecule has 4 aromatic rings. The zero-order valence-corrected chi connectivity index (χ0v) is 21.9. The molecule has 0 radical (unpaired) electrons. The van der Waals surface area contributed by atoms with E-state index in [1.807, 2.05) is 13.8 Å². The van der Waals surface area contributed by atoms with Gasteiger partial charge in [0, 0.05) is 37.6 Å². The Bertz CT molecular complexity index is 1570. The number of aromatic nitrogens is 4. The van der Waals surface area contributed by atoms with Gasteiger partial charge in [0.05, 0.1) is 17.2 Å². The smallest absolute Gasteiger partial charge is 0.433 e. The van der Waals surface area contributed by atoms with Crippen LogP contribution in [0.15, 0.2) is 47.1 Å². The molecule has 1 aromatic carbocycles. The molecule has 0 bridgehead atoms. The highest BCUT2D eigenvalue weighted by atomic mass is 19.4. The Hall–Kier alpha value is -4.53. The Kier molecular flexibility index (Phi) is 7.38. The molecule has 12 heteroatoms. The summed E-state index contributed by atoms with van der Waals surface area (Å²) in [7, 11) is 0. The highest BCUT2D eigenvalue weighted by Gasteiger charge is 2.33. The van der Waals surface area contributed by atoms with Gasteiger partial charge >= 0.3 is 6.18 Å². The Morgan fingerprint density at radius 3 is 2.60 bits per heavy atom. The Morgan fingerprint density at radius 2 is 1.95 bits per heavy atom. The second-order valence-corrected chi connectivity index (χ2v) is 10.0. The summed E-state index contributed by atoms with van der Waals surface area (Å²) < 4.78 is 44.9. The van der Waals surface area contributed by atoms with E-state index >= 15 is 0 Å². The Balaban J connectivity index is 1.18. The molecule has 3 aromatic heterocycles. The molecule has 9 nitrogen and oxygen atoms in total. The minimum absolute atomic E-state index is 0.0633. The molecule has 0 atom stereocenters. The molecule has 0 saturated carbocycles. The predicted molar refractivity (Wildman–Crippen MR) is 140 cm³/mol. The van der Waals surface area contributed by atoms with E-state index in [0.717, 1.165) is 17.8 Å². The van der Waals surface area contributed by atoms with Crippen molar-refractivity contribution in [3.63, 3.8) is 0 Å². The normalized spacial score (nSPS) is 14.5. The topological polar surface area (TPSA) is 121 Å². The molecule has 0 spiro atoms. The first kappa shape index (κ1) is 27.1. The molecule has 206 valence electrons. The van der Waals surface area contributed by atoms with E-state index in [2.05, 4.69) is 31.3 Å². The van der Waals surface area contributed by atoms with Crippen LogP contribution in [0, 0.1) is 17.2 Å². The van der Waals surface area contributed by atoms with Crippen molar-refractivity contribution in [3.05, 3.63) is 65.1 Å². The van der Waals surface area contributed by atoms with E-state index in [-0.39, 0.29) is 23.7 Å². The molecule has 1 aliphatic rings. The second-order valence-electron chi connectivity index (χ2n) is 10.0. The standard InChI is InChI=1S/C28H26F3N7O2/c1-16(2)20-11-18(13-32)12-22-24(20)40-26(36-22)21-4-3-19(15-34-21)25(39)35-14-17-6-9-38(10-7-17)27-33-8-5-23(37-27)28(29,30)31/h3-5,8,11-12,15-17H,6-7,9-10,14H2,1-2H3,(H,35,39). The molecule has 0 unspecified atom stereocenters. The minimum Gasteiger partial charge on any atom is -0.434 e. The maximum Gasteiger partial charge on any atom is 0.433 e. The Labute approximate surface area is 228 Å². The summed E-state index contributed by atoms with van der Waals surface area (Å²) >= 11 is 0.